The van der Waals surface area contributed by atoms with Gasteiger partial charge in [-0.3, -0.25) is 4.79 Å². The van der Waals surface area contributed by atoms with Crippen molar-refractivity contribution < 1.29 is 9.53 Å². The van der Waals surface area contributed by atoms with Crippen LogP contribution in [0.25, 0.3) is 0 Å². The predicted octanol–water partition coefficient (Wildman–Crippen LogP) is 5.98. The molecule has 0 unspecified atom stereocenters. The van der Waals surface area contributed by atoms with Gasteiger partial charge in [0.1, 0.15) is 10.8 Å². The van der Waals surface area contributed by atoms with E-state index in [2.05, 4.69) is 38.1 Å². The molecule has 0 saturated carbocycles. The molecule has 0 radical (unpaired) electrons. The average Bonchev–Trinajstić information content (AvgIpc) is 2.86. The maximum absolute atomic E-state index is 12.9. The monoisotopic (exact) mass is 471 g/mol. The maximum Gasteiger partial charge on any atom is 0.255 e. The minimum absolute atomic E-state index is 0.183. The van der Waals surface area contributed by atoms with Gasteiger partial charge in [-0.05, 0) is 78.6 Å². The van der Waals surface area contributed by atoms with Crippen molar-refractivity contribution in [3.05, 3.63) is 94.6 Å². The molecular weight excluding hydrogens is 450 g/mol. The second-order valence-corrected chi connectivity index (χ2v) is 8.30. The highest BCUT2D eigenvalue weighted by Crippen LogP contribution is 2.29. The first-order chi connectivity index (χ1) is 16.6. The standard InChI is InChI=1S/C26H22ClN5O2/c1-34-21-10-7-17(8-11-21)25(33)31-23-12-9-20-14-18(23)6-5-16-3-2-4-19(13-16)30-26-28-15-22(27)24(29-20)32-26/h2-4,7-15H,5-6H2,1H3,(H,31,33)(H2,28,29,30,32). The molecule has 0 fully saturated rings. The average molecular weight is 472 g/mol. The minimum atomic E-state index is -0.183. The molecule has 0 saturated heterocycles. The van der Waals surface area contributed by atoms with Crippen molar-refractivity contribution in [2.24, 2.45) is 0 Å². The van der Waals surface area contributed by atoms with Crippen LogP contribution in [-0.2, 0) is 12.8 Å². The van der Waals surface area contributed by atoms with Crippen LogP contribution in [0.4, 0.5) is 28.8 Å². The number of halogens is 1. The summed E-state index contributed by atoms with van der Waals surface area (Å²) in [5, 5.41) is 9.97. The molecule has 6 bridgehead atoms. The predicted molar refractivity (Wildman–Crippen MR) is 135 cm³/mol. The Morgan fingerprint density at radius 3 is 2.65 bits per heavy atom. The fraction of sp³-hybridized carbons (Fsp3) is 0.115. The molecule has 1 aliphatic heterocycles. The molecule has 170 valence electrons. The van der Waals surface area contributed by atoms with Crippen molar-refractivity contribution in [3.8, 4) is 5.75 Å². The van der Waals surface area contributed by atoms with E-state index in [0.717, 1.165) is 41.0 Å². The van der Waals surface area contributed by atoms with Crippen LogP contribution >= 0.6 is 11.6 Å². The first-order valence-corrected chi connectivity index (χ1v) is 11.2. The van der Waals surface area contributed by atoms with Gasteiger partial charge in [0, 0.05) is 22.6 Å². The molecule has 0 spiro atoms. The number of hydrogen-bond donors (Lipinski definition) is 3. The molecule has 4 aromatic rings. The number of methoxy groups -OCH3 is 1. The van der Waals surface area contributed by atoms with Crippen molar-refractivity contribution in [2.45, 2.75) is 12.8 Å². The zero-order valence-electron chi connectivity index (χ0n) is 18.4. The fourth-order valence-corrected chi connectivity index (χ4v) is 3.94. The van der Waals surface area contributed by atoms with Gasteiger partial charge in [0.15, 0.2) is 5.82 Å². The number of rotatable bonds is 3. The van der Waals surface area contributed by atoms with Crippen molar-refractivity contribution in [1.29, 1.82) is 0 Å². The number of benzene rings is 3. The molecule has 1 aliphatic rings. The number of anilines is 5. The Labute approximate surface area is 202 Å². The van der Waals surface area contributed by atoms with Gasteiger partial charge < -0.3 is 20.7 Å². The molecule has 0 atom stereocenters. The lowest BCUT2D eigenvalue weighted by atomic mass is 10.0. The first-order valence-electron chi connectivity index (χ1n) is 10.8. The Bertz CT molecular complexity index is 1360. The van der Waals surface area contributed by atoms with Crippen molar-refractivity contribution in [1.82, 2.24) is 9.97 Å². The number of nitrogens with zero attached hydrogens (tertiary/aromatic N) is 2. The van der Waals surface area contributed by atoms with Crippen LogP contribution in [-0.4, -0.2) is 23.0 Å². The van der Waals surface area contributed by atoms with E-state index in [1.807, 2.05) is 30.3 Å². The van der Waals surface area contributed by atoms with Gasteiger partial charge in [-0.25, -0.2) is 4.98 Å². The summed E-state index contributed by atoms with van der Waals surface area (Å²) in [5.74, 6) is 1.47. The molecule has 8 heteroatoms. The third-order valence-electron chi connectivity index (χ3n) is 5.58. The fourth-order valence-electron chi connectivity index (χ4n) is 3.80. The summed E-state index contributed by atoms with van der Waals surface area (Å²) in [6.45, 7) is 0. The van der Waals surface area contributed by atoms with E-state index >= 15 is 0 Å². The van der Waals surface area contributed by atoms with Crippen LogP contribution < -0.4 is 20.7 Å². The van der Waals surface area contributed by atoms with Gasteiger partial charge in [-0.2, -0.15) is 4.98 Å². The smallest absolute Gasteiger partial charge is 0.255 e. The summed E-state index contributed by atoms with van der Waals surface area (Å²) in [6.07, 6.45) is 3.09. The molecule has 34 heavy (non-hydrogen) atoms. The van der Waals surface area contributed by atoms with Gasteiger partial charge in [0.05, 0.1) is 13.3 Å². The topological polar surface area (TPSA) is 88.2 Å². The van der Waals surface area contributed by atoms with Crippen molar-refractivity contribution >= 4 is 46.3 Å². The van der Waals surface area contributed by atoms with Gasteiger partial charge in [0.2, 0.25) is 5.95 Å². The van der Waals surface area contributed by atoms with E-state index < -0.39 is 0 Å². The number of aryl methyl sites for hydroxylation is 2. The summed E-state index contributed by atoms with van der Waals surface area (Å²) >= 11 is 6.34. The molecule has 7 nitrogen and oxygen atoms in total. The van der Waals surface area contributed by atoms with Gasteiger partial charge in [-0.1, -0.05) is 23.7 Å². The number of amides is 1. The summed E-state index contributed by atoms with van der Waals surface area (Å²) < 4.78 is 5.18. The number of fused-ring (bicyclic) bond motifs is 6. The third-order valence-corrected chi connectivity index (χ3v) is 5.86. The largest absolute Gasteiger partial charge is 0.497 e. The Hall–Kier alpha value is -4.10. The van der Waals surface area contributed by atoms with E-state index in [4.69, 9.17) is 16.3 Å². The van der Waals surface area contributed by atoms with Crippen LogP contribution in [0.2, 0.25) is 5.02 Å². The van der Waals surface area contributed by atoms with Crippen molar-refractivity contribution in [2.75, 3.05) is 23.1 Å². The maximum atomic E-state index is 12.9. The first kappa shape index (κ1) is 21.7. The van der Waals surface area contributed by atoms with E-state index in [9.17, 15) is 4.79 Å². The zero-order chi connectivity index (χ0) is 23.5. The van der Waals surface area contributed by atoms with Crippen LogP contribution in [0, 0.1) is 0 Å². The van der Waals surface area contributed by atoms with Gasteiger partial charge >= 0.3 is 0 Å². The Kier molecular flexibility index (Phi) is 6.01. The van der Waals surface area contributed by atoms with E-state index in [1.54, 1.807) is 37.6 Å². The van der Waals surface area contributed by atoms with Gasteiger partial charge in [0.25, 0.3) is 5.91 Å². The normalized spacial score (nSPS) is 12.2. The van der Waals surface area contributed by atoms with Crippen LogP contribution in [0.5, 0.6) is 5.75 Å². The molecule has 3 aromatic carbocycles. The third kappa shape index (κ3) is 4.79. The molecule has 0 aliphatic carbocycles. The van der Waals surface area contributed by atoms with Crippen LogP contribution in [0.3, 0.4) is 0 Å². The van der Waals surface area contributed by atoms with Crippen molar-refractivity contribution in [3.63, 3.8) is 0 Å². The number of nitrogens with one attached hydrogen (secondary N) is 3. The molecular formula is C26H22ClN5O2. The highest BCUT2D eigenvalue weighted by Gasteiger charge is 2.13. The summed E-state index contributed by atoms with van der Waals surface area (Å²) in [6, 6.07) is 20.9. The molecule has 1 aromatic heterocycles. The number of aromatic nitrogens is 2. The summed E-state index contributed by atoms with van der Waals surface area (Å²) in [4.78, 5) is 21.7. The lowest BCUT2D eigenvalue weighted by Crippen LogP contribution is -2.13. The molecule has 3 N–H and O–H groups in total. The highest BCUT2D eigenvalue weighted by atomic mass is 35.5. The lowest BCUT2D eigenvalue weighted by Gasteiger charge is -2.15. The Balaban J connectivity index is 1.49. The highest BCUT2D eigenvalue weighted by molar-refractivity contribution is 6.32. The number of carbonyl (C=O) groups is 1. The minimum Gasteiger partial charge on any atom is -0.497 e. The quantitative estimate of drug-likeness (QED) is 0.341. The zero-order valence-corrected chi connectivity index (χ0v) is 19.2. The number of hydrogen-bond acceptors (Lipinski definition) is 6. The Morgan fingerprint density at radius 2 is 1.82 bits per heavy atom. The second-order valence-electron chi connectivity index (χ2n) is 7.90. The van der Waals surface area contributed by atoms with Gasteiger partial charge in [-0.15, -0.1) is 0 Å². The van der Waals surface area contributed by atoms with E-state index in [1.165, 1.54) is 0 Å². The molecule has 1 amide bonds. The lowest BCUT2D eigenvalue weighted by molar-refractivity contribution is 0.102. The van der Waals surface area contributed by atoms with Crippen LogP contribution in [0.1, 0.15) is 21.5 Å². The molecule has 2 heterocycles. The second kappa shape index (κ2) is 9.41. The van der Waals surface area contributed by atoms with Crippen LogP contribution in [0.15, 0.2) is 72.9 Å². The SMILES string of the molecule is COc1ccc(C(=O)Nc2ccc3cc2CCc2cccc(c2)Nc2ncc(Cl)c(n2)N3)cc1. The molecule has 5 rings (SSSR count). The Morgan fingerprint density at radius 1 is 1.00 bits per heavy atom. The summed E-state index contributed by atoms with van der Waals surface area (Å²) in [7, 11) is 1.60. The summed E-state index contributed by atoms with van der Waals surface area (Å²) in [5.41, 5.74) is 5.17. The number of carbonyl (C=O) groups excluding carboxylic acids is 1. The number of ether oxygens (including phenoxy) is 1. The van der Waals surface area contributed by atoms with E-state index in [-0.39, 0.29) is 5.91 Å². The van der Waals surface area contributed by atoms with E-state index in [0.29, 0.717) is 28.1 Å².